The minimum absolute atomic E-state index is 0.124. The Hall–Kier alpha value is -0.690. The highest BCUT2D eigenvalue weighted by molar-refractivity contribution is 5.80. The number of carbonyl (C=O) groups is 1. The van der Waals surface area contributed by atoms with Crippen molar-refractivity contribution in [1.29, 1.82) is 0 Å². The smallest absolute Gasteiger partial charge is 0.263 e. The molecule has 2 saturated heterocycles. The largest absolute Gasteiger partial charge is 0.377 e. The van der Waals surface area contributed by atoms with Gasteiger partial charge in [-0.3, -0.25) is 10.2 Å². The molecule has 3 unspecified atom stereocenters. The molecule has 2 heterocycles. The average Bonchev–Trinajstić information content (AvgIpc) is 2.99. The molecule has 2 aliphatic heterocycles. The summed E-state index contributed by atoms with van der Waals surface area (Å²) in [5, 5.41) is 0. The molecule has 0 saturated carbocycles. The minimum atomic E-state index is -0.379. The number of likely N-dealkylation sites (N-methyl/N-ethyl adjacent to an activating group) is 1. The van der Waals surface area contributed by atoms with Crippen molar-refractivity contribution in [1.82, 2.24) is 10.3 Å². The van der Waals surface area contributed by atoms with E-state index in [4.69, 9.17) is 15.3 Å². The van der Waals surface area contributed by atoms with E-state index in [9.17, 15) is 4.79 Å². The summed E-state index contributed by atoms with van der Waals surface area (Å²) in [5.74, 6) is 4.88. The lowest BCUT2D eigenvalue weighted by Gasteiger charge is -2.23. The molecule has 6 nitrogen and oxygen atoms in total. The summed E-state index contributed by atoms with van der Waals surface area (Å²) in [5.41, 5.74) is 2.14. The molecule has 0 aromatic rings. The molecule has 3 atom stereocenters. The quantitative estimate of drug-likeness (QED) is 0.399. The first-order chi connectivity index (χ1) is 8.69. The molecular formula is C12H23N3O3. The van der Waals surface area contributed by atoms with Crippen LogP contribution in [0.3, 0.4) is 0 Å². The van der Waals surface area contributed by atoms with E-state index in [1.54, 1.807) is 0 Å². The van der Waals surface area contributed by atoms with Gasteiger partial charge in [0.15, 0.2) is 0 Å². The predicted molar refractivity (Wildman–Crippen MR) is 66.7 cm³/mol. The van der Waals surface area contributed by atoms with E-state index in [2.05, 4.69) is 17.4 Å². The van der Waals surface area contributed by atoms with Crippen molar-refractivity contribution in [2.24, 2.45) is 5.84 Å². The zero-order valence-corrected chi connectivity index (χ0v) is 10.9. The topological polar surface area (TPSA) is 76.8 Å². The molecule has 104 valence electrons. The van der Waals surface area contributed by atoms with Gasteiger partial charge in [-0.05, 0) is 32.7 Å². The van der Waals surface area contributed by atoms with Gasteiger partial charge < -0.3 is 14.4 Å². The number of nitrogens with one attached hydrogen (secondary N) is 1. The maximum Gasteiger partial charge on any atom is 0.263 e. The van der Waals surface area contributed by atoms with Gasteiger partial charge in [-0.1, -0.05) is 0 Å². The summed E-state index contributed by atoms with van der Waals surface area (Å²) < 4.78 is 11.3. The average molecular weight is 257 g/mol. The van der Waals surface area contributed by atoms with Gasteiger partial charge in [0.1, 0.15) is 6.10 Å². The maximum absolute atomic E-state index is 11.3. The SMILES string of the molecule is CN(CC1CCCO1)CC1CCC(C(=O)NN)O1. The number of rotatable bonds is 5. The van der Waals surface area contributed by atoms with Crippen molar-refractivity contribution in [3.8, 4) is 0 Å². The summed E-state index contributed by atoms with van der Waals surface area (Å²) in [6.07, 6.45) is 4.08. The third kappa shape index (κ3) is 3.65. The Labute approximate surface area is 108 Å². The Kier molecular flexibility index (Phi) is 4.94. The molecule has 3 N–H and O–H groups in total. The molecule has 0 aromatic heterocycles. The van der Waals surface area contributed by atoms with Gasteiger partial charge in [-0.2, -0.15) is 0 Å². The number of amides is 1. The van der Waals surface area contributed by atoms with Crippen LogP contribution in [0.4, 0.5) is 0 Å². The molecule has 0 spiro atoms. The molecule has 2 aliphatic rings. The van der Waals surface area contributed by atoms with Crippen LogP contribution in [0.25, 0.3) is 0 Å². The van der Waals surface area contributed by atoms with Crippen LogP contribution in [0.5, 0.6) is 0 Å². The minimum Gasteiger partial charge on any atom is -0.377 e. The molecule has 0 aliphatic carbocycles. The molecule has 18 heavy (non-hydrogen) atoms. The van der Waals surface area contributed by atoms with E-state index in [1.807, 2.05) is 0 Å². The fourth-order valence-electron chi connectivity index (χ4n) is 2.68. The second kappa shape index (κ2) is 6.47. The first-order valence-electron chi connectivity index (χ1n) is 6.65. The summed E-state index contributed by atoms with van der Waals surface area (Å²) in [6, 6.07) is 0. The molecule has 0 aromatic carbocycles. The van der Waals surface area contributed by atoms with Gasteiger partial charge in [0, 0.05) is 19.7 Å². The first-order valence-corrected chi connectivity index (χ1v) is 6.65. The molecule has 2 fully saturated rings. The van der Waals surface area contributed by atoms with Crippen molar-refractivity contribution in [3.63, 3.8) is 0 Å². The number of hydrazine groups is 1. The Balaban J connectivity index is 1.68. The molecule has 0 bridgehead atoms. The van der Waals surface area contributed by atoms with Crippen molar-refractivity contribution in [2.75, 3.05) is 26.7 Å². The number of ether oxygens (including phenoxy) is 2. The van der Waals surface area contributed by atoms with Crippen LogP contribution < -0.4 is 11.3 Å². The van der Waals surface area contributed by atoms with Crippen molar-refractivity contribution in [3.05, 3.63) is 0 Å². The van der Waals surface area contributed by atoms with Crippen LogP contribution in [0.15, 0.2) is 0 Å². The van der Waals surface area contributed by atoms with Crippen LogP contribution in [-0.4, -0.2) is 55.9 Å². The van der Waals surface area contributed by atoms with Crippen molar-refractivity contribution >= 4 is 5.91 Å². The maximum atomic E-state index is 11.3. The Morgan fingerprint density at radius 1 is 1.33 bits per heavy atom. The number of carbonyl (C=O) groups excluding carboxylic acids is 1. The zero-order chi connectivity index (χ0) is 13.0. The van der Waals surface area contributed by atoms with Crippen molar-refractivity contribution < 1.29 is 14.3 Å². The van der Waals surface area contributed by atoms with Crippen LogP contribution in [0.2, 0.25) is 0 Å². The fourth-order valence-corrected chi connectivity index (χ4v) is 2.68. The highest BCUT2D eigenvalue weighted by atomic mass is 16.5. The summed E-state index contributed by atoms with van der Waals surface area (Å²) >= 11 is 0. The Morgan fingerprint density at radius 2 is 2.11 bits per heavy atom. The van der Waals surface area contributed by atoms with Crippen molar-refractivity contribution in [2.45, 2.75) is 44.0 Å². The fraction of sp³-hybridized carbons (Fsp3) is 0.917. The third-order valence-electron chi connectivity index (χ3n) is 3.60. The van der Waals surface area contributed by atoms with Gasteiger partial charge in [0.25, 0.3) is 5.91 Å². The lowest BCUT2D eigenvalue weighted by Crippen LogP contribution is -2.40. The summed E-state index contributed by atoms with van der Waals surface area (Å²) in [6.45, 7) is 2.67. The standard InChI is InChI=1S/C12H23N3O3/c1-15(7-9-3-2-6-17-9)8-10-4-5-11(18-10)12(16)14-13/h9-11H,2-8,13H2,1H3,(H,14,16). The van der Waals surface area contributed by atoms with Gasteiger partial charge in [-0.15, -0.1) is 0 Å². The van der Waals surface area contributed by atoms with Gasteiger partial charge >= 0.3 is 0 Å². The van der Waals surface area contributed by atoms with E-state index >= 15 is 0 Å². The van der Waals surface area contributed by atoms with Crippen LogP contribution in [-0.2, 0) is 14.3 Å². The Bertz CT molecular complexity index is 282. The van der Waals surface area contributed by atoms with E-state index in [1.165, 1.54) is 0 Å². The monoisotopic (exact) mass is 257 g/mol. The Morgan fingerprint density at radius 3 is 2.78 bits per heavy atom. The first kappa shape index (κ1) is 13.7. The number of nitrogens with zero attached hydrogens (tertiary/aromatic N) is 1. The molecule has 2 rings (SSSR count). The third-order valence-corrected chi connectivity index (χ3v) is 3.60. The van der Waals surface area contributed by atoms with Crippen LogP contribution in [0.1, 0.15) is 25.7 Å². The van der Waals surface area contributed by atoms with E-state index in [0.717, 1.165) is 45.4 Å². The van der Waals surface area contributed by atoms with E-state index in [0.29, 0.717) is 6.10 Å². The number of hydrogen-bond acceptors (Lipinski definition) is 5. The second-order valence-corrected chi connectivity index (χ2v) is 5.19. The predicted octanol–water partition coefficient (Wildman–Crippen LogP) is -0.365. The summed E-state index contributed by atoms with van der Waals surface area (Å²) in [4.78, 5) is 13.6. The van der Waals surface area contributed by atoms with Gasteiger partial charge in [0.05, 0.1) is 12.2 Å². The molecule has 6 heteroatoms. The lowest BCUT2D eigenvalue weighted by molar-refractivity contribution is -0.132. The number of nitrogens with two attached hydrogens (primary N) is 1. The van der Waals surface area contributed by atoms with Gasteiger partial charge in [-0.25, -0.2) is 5.84 Å². The zero-order valence-electron chi connectivity index (χ0n) is 10.9. The molecular weight excluding hydrogens is 234 g/mol. The van der Waals surface area contributed by atoms with Gasteiger partial charge in [0.2, 0.25) is 0 Å². The molecule has 0 radical (unpaired) electrons. The molecule has 1 amide bonds. The highest BCUT2D eigenvalue weighted by Gasteiger charge is 2.31. The highest BCUT2D eigenvalue weighted by Crippen LogP contribution is 2.21. The van der Waals surface area contributed by atoms with Crippen LogP contribution in [0, 0.1) is 0 Å². The van der Waals surface area contributed by atoms with Crippen LogP contribution >= 0.6 is 0 Å². The normalized spacial score (nSPS) is 32.1. The number of hydrogen-bond donors (Lipinski definition) is 2. The van der Waals surface area contributed by atoms with E-state index in [-0.39, 0.29) is 18.1 Å². The lowest BCUT2D eigenvalue weighted by atomic mass is 10.1. The summed E-state index contributed by atoms with van der Waals surface area (Å²) in [7, 11) is 2.07. The second-order valence-electron chi connectivity index (χ2n) is 5.19. The van der Waals surface area contributed by atoms with E-state index < -0.39 is 0 Å².